The molecular formula is C13H16F2N2O. The molecule has 98 valence electrons. The Morgan fingerprint density at radius 3 is 2.56 bits per heavy atom. The minimum atomic E-state index is -0.599. The minimum absolute atomic E-state index is 0.0308. The molecular weight excluding hydrogens is 238 g/mol. The van der Waals surface area contributed by atoms with Gasteiger partial charge in [-0.25, -0.2) is 8.78 Å². The van der Waals surface area contributed by atoms with Gasteiger partial charge in [-0.1, -0.05) is 6.07 Å². The van der Waals surface area contributed by atoms with Crippen LogP contribution in [0.25, 0.3) is 0 Å². The highest BCUT2D eigenvalue weighted by atomic mass is 19.1. The third-order valence-electron chi connectivity index (χ3n) is 2.94. The van der Waals surface area contributed by atoms with Crippen molar-refractivity contribution in [2.24, 2.45) is 0 Å². The second-order valence-electron chi connectivity index (χ2n) is 4.58. The zero-order valence-corrected chi connectivity index (χ0v) is 10.2. The summed E-state index contributed by atoms with van der Waals surface area (Å²) in [6, 6.07) is 3.48. The lowest BCUT2D eigenvalue weighted by atomic mass is 10.1. The molecule has 1 amide bonds. The summed E-state index contributed by atoms with van der Waals surface area (Å²) >= 11 is 0. The van der Waals surface area contributed by atoms with Crippen LogP contribution in [0.15, 0.2) is 18.2 Å². The third kappa shape index (κ3) is 3.26. The Kier molecular flexibility index (Phi) is 3.91. The molecule has 2 rings (SSSR count). The summed E-state index contributed by atoms with van der Waals surface area (Å²) in [6.07, 6.45) is 2.03. The zero-order valence-electron chi connectivity index (χ0n) is 10.2. The van der Waals surface area contributed by atoms with E-state index >= 15 is 0 Å². The number of hydrogen-bond donors (Lipinski definition) is 2. The average molecular weight is 254 g/mol. The number of nitrogens with one attached hydrogen (secondary N) is 2. The minimum Gasteiger partial charge on any atom is -0.352 e. The van der Waals surface area contributed by atoms with Crippen LogP contribution in [0.4, 0.5) is 8.78 Å². The molecule has 5 heteroatoms. The van der Waals surface area contributed by atoms with Gasteiger partial charge in [-0.3, -0.25) is 4.79 Å². The predicted molar refractivity (Wildman–Crippen MR) is 63.9 cm³/mol. The van der Waals surface area contributed by atoms with Crippen LogP contribution in [0.3, 0.4) is 0 Å². The van der Waals surface area contributed by atoms with Crippen LogP contribution >= 0.6 is 0 Å². The largest absolute Gasteiger partial charge is 0.352 e. The van der Waals surface area contributed by atoms with Gasteiger partial charge >= 0.3 is 0 Å². The Morgan fingerprint density at radius 2 is 2.00 bits per heavy atom. The fraction of sp³-hybridized carbons (Fsp3) is 0.462. The summed E-state index contributed by atoms with van der Waals surface area (Å²) in [6.45, 7) is 1.69. The molecule has 0 saturated heterocycles. The van der Waals surface area contributed by atoms with Crippen molar-refractivity contribution in [2.75, 3.05) is 6.54 Å². The molecule has 1 fully saturated rings. The van der Waals surface area contributed by atoms with E-state index in [0.717, 1.165) is 12.8 Å². The van der Waals surface area contributed by atoms with Crippen molar-refractivity contribution in [3.05, 3.63) is 35.4 Å². The first-order valence-corrected chi connectivity index (χ1v) is 6.04. The molecule has 1 atom stereocenters. The fourth-order valence-corrected chi connectivity index (χ4v) is 1.78. The molecule has 1 aliphatic carbocycles. The number of rotatable bonds is 5. The lowest BCUT2D eigenvalue weighted by Crippen LogP contribution is -2.36. The van der Waals surface area contributed by atoms with Gasteiger partial charge in [-0.05, 0) is 31.9 Å². The van der Waals surface area contributed by atoms with E-state index in [1.54, 1.807) is 6.92 Å². The fourth-order valence-electron chi connectivity index (χ4n) is 1.78. The van der Waals surface area contributed by atoms with Gasteiger partial charge in [0.05, 0.1) is 6.54 Å². The van der Waals surface area contributed by atoms with Crippen molar-refractivity contribution in [1.82, 2.24) is 10.6 Å². The summed E-state index contributed by atoms with van der Waals surface area (Å²) in [7, 11) is 0. The normalized spacial score (nSPS) is 16.4. The number of hydrogen-bond acceptors (Lipinski definition) is 2. The molecule has 3 nitrogen and oxygen atoms in total. The van der Waals surface area contributed by atoms with E-state index < -0.39 is 17.7 Å². The van der Waals surface area contributed by atoms with E-state index in [2.05, 4.69) is 10.6 Å². The molecule has 2 N–H and O–H groups in total. The molecule has 0 aliphatic heterocycles. The molecule has 0 aromatic heterocycles. The number of carbonyl (C=O) groups is 1. The second kappa shape index (κ2) is 5.44. The highest BCUT2D eigenvalue weighted by molar-refractivity contribution is 5.78. The number of halogens is 2. The number of amides is 1. The van der Waals surface area contributed by atoms with E-state index in [9.17, 15) is 13.6 Å². The van der Waals surface area contributed by atoms with Gasteiger partial charge in [-0.15, -0.1) is 0 Å². The molecule has 1 aliphatic rings. The molecule has 0 heterocycles. The van der Waals surface area contributed by atoms with E-state index in [1.807, 2.05) is 0 Å². The van der Waals surface area contributed by atoms with Gasteiger partial charge in [0.25, 0.3) is 0 Å². The predicted octanol–water partition coefficient (Wildman–Crippen LogP) is 1.89. The second-order valence-corrected chi connectivity index (χ2v) is 4.58. The van der Waals surface area contributed by atoms with Gasteiger partial charge in [0.2, 0.25) is 5.91 Å². The Hall–Kier alpha value is -1.49. The van der Waals surface area contributed by atoms with Crippen LogP contribution in [-0.4, -0.2) is 18.5 Å². The first kappa shape index (κ1) is 13.0. The van der Waals surface area contributed by atoms with Crippen LogP contribution in [0.2, 0.25) is 0 Å². The molecule has 1 saturated carbocycles. The quantitative estimate of drug-likeness (QED) is 0.842. The van der Waals surface area contributed by atoms with Crippen molar-refractivity contribution < 1.29 is 13.6 Å². The lowest BCUT2D eigenvalue weighted by Gasteiger charge is -2.15. The summed E-state index contributed by atoms with van der Waals surface area (Å²) in [5.74, 6) is -1.34. The SMILES string of the molecule is CC(NCC(=O)NC1CC1)c1c(F)cccc1F. The smallest absolute Gasteiger partial charge is 0.234 e. The van der Waals surface area contributed by atoms with Crippen molar-refractivity contribution in [3.63, 3.8) is 0 Å². The molecule has 0 spiro atoms. The Bertz CT molecular complexity index is 426. The highest BCUT2D eigenvalue weighted by Gasteiger charge is 2.23. The zero-order chi connectivity index (χ0) is 13.1. The lowest BCUT2D eigenvalue weighted by molar-refractivity contribution is -0.120. The molecule has 1 unspecified atom stereocenters. The Morgan fingerprint density at radius 1 is 1.39 bits per heavy atom. The van der Waals surface area contributed by atoms with Gasteiger partial charge in [0.15, 0.2) is 0 Å². The van der Waals surface area contributed by atoms with E-state index in [0.29, 0.717) is 6.04 Å². The van der Waals surface area contributed by atoms with E-state index in [1.165, 1.54) is 18.2 Å². The average Bonchev–Trinajstić information content (AvgIpc) is 3.10. The van der Waals surface area contributed by atoms with E-state index in [4.69, 9.17) is 0 Å². The monoisotopic (exact) mass is 254 g/mol. The molecule has 18 heavy (non-hydrogen) atoms. The van der Waals surface area contributed by atoms with Gasteiger partial charge in [0, 0.05) is 17.6 Å². The molecule has 0 bridgehead atoms. The number of carbonyl (C=O) groups excluding carboxylic acids is 1. The Labute approximate surface area is 105 Å². The van der Waals surface area contributed by atoms with Crippen LogP contribution in [-0.2, 0) is 4.79 Å². The van der Waals surface area contributed by atoms with Crippen LogP contribution in [0, 0.1) is 11.6 Å². The van der Waals surface area contributed by atoms with Crippen molar-refractivity contribution >= 4 is 5.91 Å². The summed E-state index contributed by atoms with van der Waals surface area (Å²) in [5.41, 5.74) is -0.0308. The summed E-state index contributed by atoms with van der Waals surface area (Å²) < 4.78 is 26.9. The first-order chi connectivity index (χ1) is 8.58. The van der Waals surface area contributed by atoms with E-state index in [-0.39, 0.29) is 18.0 Å². The van der Waals surface area contributed by atoms with Gasteiger partial charge in [0.1, 0.15) is 11.6 Å². The first-order valence-electron chi connectivity index (χ1n) is 6.04. The van der Waals surface area contributed by atoms with Crippen molar-refractivity contribution in [3.8, 4) is 0 Å². The molecule has 1 aromatic carbocycles. The highest BCUT2D eigenvalue weighted by Crippen LogP contribution is 2.20. The summed E-state index contributed by atoms with van der Waals surface area (Å²) in [4.78, 5) is 11.4. The van der Waals surface area contributed by atoms with Gasteiger partial charge < -0.3 is 10.6 Å². The third-order valence-corrected chi connectivity index (χ3v) is 2.94. The standard InChI is InChI=1S/C13H16F2N2O/c1-8(13-10(14)3-2-4-11(13)15)16-7-12(18)17-9-5-6-9/h2-4,8-9,16H,5-7H2,1H3,(H,17,18). The van der Waals surface area contributed by atoms with Crippen LogP contribution in [0.5, 0.6) is 0 Å². The Balaban J connectivity index is 1.90. The van der Waals surface area contributed by atoms with Crippen molar-refractivity contribution in [1.29, 1.82) is 0 Å². The van der Waals surface area contributed by atoms with Crippen molar-refractivity contribution in [2.45, 2.75) is 31.8 Å². The maximum absolute atomic E-state index is 13.5. The molecule has 1 aromatic rings. The maximum atomic E-state index is 13.5. The molecule has 0 radical (unpaired) electrons. The van der Waals surface area contributed by atoms with Gasteiger partial charge in [-0.2, -0.15) is 0 Å². The van der Waals surface area contributed by atoms with Crippen LogP contribution in [0.1, 0.15) is 31.4 Å². The van der Waals surface area contributed by atoms with Crippen LogP contribution < -0.4 is 10.6 Å². The topological polar surface area (TPSA) is 41.1 Å². The maximum Gasteiger partial charge on any atom is 0.234 e. The number of benzene rings is 1. The summed E-state index contributed by atoms with van der Waals surface area (Å²) in [5, 5.41) is 5.62.